The predicted molar refractivity (Wildman–Crippen MR) is 369 cm³/mol. The van der Waals surface area contributed by atoms with Gasteiger partial charge < -0.3 is 66.0 Å². The molecule has 0 aliphatic rings. The first kappa shape index (κ1) is 88.7. The SMILES string of the molecule is CNC(=O)N(C)C(=O)[C@H](CC(C)C)N(C)C(=O)C(C)NC(=O)[C@@H](C)NC(=O)[C@H](CC(C)C)N(C)C(=O)[C@@H](NC(=O)[C@H](CC(C)C)N(C)C(=O)[C@@H](SCCCCCCO)N(C)C(=O)NC(=O)C([C@H](O)[C@H](C)CCCCCCNC(=O)OC(C)(C)C)N(C)C(=O)CC(C)C)C(C)C. The number of aliphatic hydroxyl groups excluding tert-OH is 2. The van der Waals surface area contributed by atoms with Crippen LogP contribution in [0.2, 0.25) is 0 Å². The van der Waals surface area contributed by atoms with Crippen LogP contribution in [0.5, 0.6) is 0 Å². The van der Waals surface area contributed by atoms with E-state index in [-0.39, 0.29) is 56.0 Å². The predicted octanol–water partition coefficient (Wildman–Crippen LogP) is 5.68. The van der Waals surface area contributed by atoms with Gasteiger partial charge in [0.15, 0.2) is 5.37 Å². The highest BCUT2D eigenvalue weighted by molar-refractivity contribution is 8.00. The van der Waals surface area contributed by atoms with Crippen molar-refractivity contribution < 1.29 is 72.5 Å². The molecule has 10 atom stereocenters. The number of thioether (sulfide) groups is 1. The molecular formula is C67H124N12O15S. The van der Waals surface area contributed by atoms with Crippen LogP contribution in [-0.4, -0.2) is 239 Å². The first-order chi connectivity index (χ1) is 44.0. The Kier molecular flexibility index (Phi) is 40.9. The van der Waals surface area contributed by atoms with Gasteiger partial charge in [-0.05, 0) is 121 Å². The lowest BCUT2D eigenvalue weighted by atomic mass is 9.91. The van der Waals surface area contributed by atoms with Gasteiger partial charge in [-0.3, -0.25) is 53.4 Å². The fourth-order valence-corrected chi connectivity index (χ4v) is 11.7. The lowest BCUT2D eigenvalue weighted by molar-refractivity contribution is -0.146. The number of urea groups is 2. The number of amides is 14. The van der Waals surface area contributed by atoms with Crippen molar-refractivity contribution in [3.8, 4) is 0 Å². The van der Waals surface area contributed by atoms with Gasteiger partial charge in [0.1, 0.15) is 47.9 Å². The quantitative estimate of drug-likeness (QED) is 0.0270. The smallest absolute Gasteiger partial charge is 0.407 e. The number of likely N-dealkylation sites (N-methyl/N-ethyl adjacent to an activating group) is 6. The Morgan fingerprint density at radius 2 is 0.989 bits per heavy atom. The Bertz CT molecular complexity index is 2480. The molecule has 0 radical (unpaired) electrons. The van der Waals surface area contributed by atoms with Crippen molar-refractivity contribution in [3.05, 3.63) is 0 Å². The highest BCUT2D eigenvalue weighted by atomic mass is 32.2. The third kappa shape index (κ3) is 31.6. The number of alkyl carbamates (subject to hydrolysis) is 1. The number of nitrogens with zero attached hydrogens (tertiary/aromatic N) is 6. The van der Waals surface area contributed by atoms with Gasteiger partial charge in [-0.1, -0.05) is 108 Å². The molecule has 0 spiro atoms. The average molecular weight is 1370 g/mol. The maximum Gasteiger partial charge on any atom is 0.407 e. The summed E-state index contributed by atoms with van der Waals surface area (Å²) in [6.07, 6.45) is 4.44. The Labute approximate surface area is 571 Å². The van der Waals surface area contributed by atoms with E-state index in [1.165, 1.54) is 77.9 Å². The molecule has 27 nitrogen and oxygen atoms in total. The van der Waals surface area contributed by atoms with Gasteiger partial charge in [0.25, 0.3) is 17.7 Å². The topological polar surface area (TPSA) is 346 Å². The summed E-state index contributed by atoms with van der Waals surface area (Å²) >= 11 is 1.10. The second-order valence-corrected chi connectivity index (χ2v) is 29.5. The standard InChI is InChI=1S/C67H124N12O15S/c1-40(2)36-48(56(84)70-46(12)55(83)71-47(13)59(87)76(20)50(38-42(5)6)60(88)78(22)64(91)68-17)74(18)61(89)52(44(9)10)72-57(85)49(37-41(3)4)75(19)62(90)63(95-35-31-27-26-30-34-80)79(23)65(92)73-58(86)53(77(21)51(81)39-43(7)8)54(82)45(11)32-28-24-25-29-33-69-66(93)94-67(14,15)16/h40-50,52-54,63,80,82H,24-39H2,1-23H3,(H,68,91)(H,69,93)(H,70,84)(H,71,83)(H,72,85)(H,73,86,92)/t45-,46-,47?,48+,49+,50+,52+,53?,54-,63-/m1/s1. The molecule has 8 N–H and O–H groups in total. The number of carbonyl (C=O) groups excluding carboxylic acids is 12. The minimum Gasteiger partial charge on any atom is -0.444 e. The lowest BCUT2D eigenvalue weighted by Crippen LogP contribution is -2.61. The highest BCUT2D eigenvalue weighted by Crippen LogP contribution is 2.26. The van der Waals surface area contributed by atoms with Gasteiger partial charge in [0.05, 0.1) is 6.10 Å². The van der Waals surface area contributed by atoms with Crippen LogP contribution < -0.4 is 31.9 Å². The van der Waals surface area contributed by atoms with E-state index in [0.717, 1.165) is 39.3 Å². The van der Waals surface area contributed by atoms with E-state index in [1.54, 1.807) is 41.5 Å². The van der Waals surface area contributed by atoms with Crippen LogP contribution in [0.3, 0.4) is 0 Å². The van der Waals surface area contributed by atoms with Gasteiger partial charge in [0, 0.05) is 68.9 Å². The number of rotatable bonds is 41. The summed E-state index contributed by atoms with van der Waals surface area (Å²) in [7, 11) is 9.63. The van der Waals surface area contributed by atoms with Crippen LogP contribution in [0.15, 0.2) is 0 Å². The molecule has 0 saturated carbocycles. The van der Waals surface area contributed by atoms with Crippen LogP contribution in [0.1, 0.15) is 194 Å². The Balaban J connectivity index is 6.91. The van der Waals surface area contributed by atoms with Crippen molar-refractivity contribution in [3.63, 3.8) is 0 Å². The summed E-state index contributed by atoms with van der Waals surface area (Å²) in [4.78, 5) is 173. The molecular weight excluding hydrogens is 1240 g/mol. The molecule has 14 amide bonds. The van der Waals surface area contributed by atoms with Crippen molar-refractivity contribution in [1.29, 1.82) is 0 Å². The van der Waals surface area contributed by atoms with Crippen molar-refractivity contribution >= 4 is 83.1 Å². The van der Waals surface area contributed by atoms with E-state index in [9.17, 15) is 63.0 Å². The van der Waals surface area contributed by atoms with Crippen molar-refractivity contribution in [2.45, 2.75) is 254 Å². The second kappa shape index (κ2) is 43.8. The third-order valence-corrected chi connectivity index (χ3v) is 17.6. The summed E-state index contributed by atoms with van der Waals surface area (Å²) in [6, 6.07) is -10.3. The molecule has 0 fully saturated rings. The van der Waals surface area contributed by atoms with Gasteiger partial charge in [-0.15, -0.1) is 11.8 Å². The fraction of sp³-hybridized carbons (Fsp3) is 0.821. The zero-order valence-corrected chi connectivity index (χ0v) is 62.6. The number of hydrogen-bond acceptors (Lipinski definition) is 16. The maximum absolute atomic E-state index is 15.1. The summed E-state index contributed by atoms with van der Waals surface area (Å²) in [6.45, 7) is 28.5. The van der Waals surface area contributed by atoms with Crippen LogP contribution in [0.25, 0.3) is 0 Å². The number of unbranched alkanes of at least 4 members (excludes halogenated alkanes) is 6. The van der Waals surface area contributed by atoms with E-state index in [0.29, 0.717) is 57.2 Å². The number of ether oxygens (including phenoxy) is 1. The third-order valence-electron chi connectivity index (χ3n) is 16.2. The molecule has 0 saturated heterocycles. The highest BCUT2D eigenvalue weighted by Gasteiger charge is 2.43. The second-order valence-electron chi connectivity index (χ2n) is 28.3. The maximum atomic E-state index is 15.1. The summed E-state index contributed by atoms with van der Waals surface area (Å²) < 4.78 is 5.29. The van der Waals surface area contributed by atoms with Crippen LogP contribution in [0, 0.1) is 35.5 Å². The van der Waals surface area contributed by atoms with E-state index in [2.05, 4.69) is 31.9 Å². The van der Waals surface area contributed by atoms with E-state index < -0.39 is 143 Å². The zero-order chi connectivity index (χ0) is 73.5. The molecule has 28 heteroatoms. The first-order valence-corrected chi connectivity index (χ1v) is 34.9. The molecule has 2 unspecified atom stereocenters. The monoisotopic (exact) mass is 1370 g/mol. The fourth-order valence-electron chi connectivity index (χ4n) is 10.5. The van der Waals surface area contributed by atoms with Crippen LogP contribution in [-0.2, 0) is 47.9 Å². The molecule has 0 aliphatic heterocycles. The van der Waals surface area contributed by atoms with E-state index >= 15 is 4.79 Å². The zero-order valence-electron chi connectivity index (χ0n) is 61.8. The molecule has 0 aliphatic carbocycles. The average Bonchev–Trinajstić information content (AvgIpc) is 0.836. The number of nitrogens with one attached hydrogen (secondary N) is 6. The molecule has 0 aromatic rings. The largest absolute Gasteiger partial charge is 0.444 e. The molecule has 95 heavy (non-hydrogen) atoms. The van der Waals surface area contributed by atoms with Gasteiger partial charge in [-0.2, -0.15) is 0 Å². The van der Waals surface area contributed by atoms with Crippen molar-refractivity contribution in [2.75, 3.05) is 68.2 Å². The Hall–Kier alpha value is -6.29. The van der Waals surface area contributed by atoms with Gasteiger partial charge in [-0.25, -0.2) is 14.4 Å². The number of aliphatic hydroxyl groups is 2. The lowest BCUT2D eigenvalue weighted by Gasteiger charge is -2.37. The number of hydrogen-bond donors (Lipinski definition) is 8. The minimum atomic E-state index is -1.51. The first-order valence-electron chi connectivity index (χ1n) is 33.9. The number of imide groups is 2. The number of carbonyl (C=O) groups is 12. The Morgan fingerprint density at radius 3 is 1.49 bits per heavy atom. The van der Waals surface area contributed by atoms with Gasteiger partial charge >= 0.3 is 18.2 Å². The summed E-state index contributed by atoms with van der Waals surface area (Å²) in [5.74, 6) is -7.40. The molecule has 0 heterocycles. The van der Waals surface area contributed by atoms with Crippen molar-refractivity contribution in [2.24, 2.45) is 35.5 Å². The van der Waals surface area contributed by atoms with Crippen molar-refractivity contribution in [1.82, 2.24) is 61.3 Å². The van der Waals surface area contributed by atoms with Gasteiger partial charge in [0.2, 0.25) is 35.4 Å². The normalized spacial score (nSPS) is 14.8. The van der Waals surface area contributed by atoms with Crippen LogP contribution in [0.4, 0.5) is 14.4 Å². The minimum absolute atomic E-state index is 0.00483. The molecule has 0 bridgehead atoms. The molecule has 548 valence electrons. The molecule has 0 rings (SSSR count). The Morgan fingerprint density at radius 1 is 0.505 bits per heavy atom. The summed E-state index contributed by atoms with van der Waals surface area (Å²) in [5.41, 5.74) is -0.623. The van der Waals surface area contributed by atoms with Crippen LogP contribution >= 0.6 is 11.8 Å². The molecule has 0 aromatic carbocycles. The van der Waals surface area contributed by atoms with E-state index in [1.807, 2.05) is 55.4 Å². The molecule has 0 aromatic heterocycles. The van der Waals surface area contributed by atoms with E-state index in [4.69, 9.17) is 4.74 Å². The summed E-state index contributed by atoms with van der Waals surface area (Å²) in [5, 5.41) is 35.6.